The second kappa shape index (κ2) is 6.73. The molecule has 4 heteroatoms. The highest BCUT2D eigenvalue weighted by atomic mass is 16.5. The van der Waals surface area contributed by atoms with Gasteiger partial charge in [-0.15, -0.1) is 0 Å². The Morgan fingerprint density at radius 1 is 1.16 bits per heavy atom. The highest BCUT2D eigenvalue weighted by molar-refractivity contribution is 5.95. The lowest BCUT2D eigenvalue weighted by Gasteiger charge is -2.37. The van der Waals surface area contributed by atoms with E-state index in [2.05, 4.69) is 13.5 Å². The maximum Gasteiger partial charge on any atom is 0.320 e. The van der Waals surface area contributed by atoms with E-state index < -0.39 is 17.9 Å². The lowest BCUT2D eigenvalue weighted by Crippen LogP contribution is -2.40. The van der Waals surface area contributed by atoms with Gasteiger partial charge in [0.2, 0.25) is 0 Å². The van der Waals surface area contributed by atoms with Crippen molar-refractivity contribution >= 4 is 11.9 Å². The number of hydrogen-bond acceptors (Lipinski definition) is 4. The molecule has 0 radical (unpaired) electrons. The van der Waals surface area contributed by atoms with Crippen molar-refractivity contribution in [2.45, 2.75) is 33.1 Å². The number of esters is 2. The van der Waals surface area contributed by atoms with E-state index in [1.54, 1.807) is 0 Å². The van der Waals surface area contributed by atoms with Gasteiger partial charge in [0, 0.05) is 0 Å². The van der Waals surface area contributed by atoms with E-state index >= 15 is 0 Å². The Morgan fingerprint density at radius 2 is 1.68 bits per heavy atom. The molecule has 0 saturated heterocycles. The van der Waals surface area contributed by atoms with Crippen molar-refractivity contribution in [3.05, 3.63) is 12.2 Å². The number of allylic oxidation sites excluding steroid dienone is 1. The molecule has 0 amide bonds. The van der Waals surface area contributed by atoms with Crippen LogP contribution in [0.2, 0.25) is 0 Å². The molecule has 0 aliphatic heterocycles. The fourth-order valence-corrected chi connectivity index (χ4v) is 3.10. The first kappa shape index (κ1) is 15.7. The van der Waals surface area contributed by atoms with E-state index in [-0.39, 0.29) is 11.8 Å². The molecule has 19 heavy (non-hydrogen) atoms. The monoisotopic (exact) mass is 268 g/mol. The Kier molecular flexibility index (Phi) is 5.58. The Labute approximate surface area is 115 Å². The summed E-state index contributed by atoms with van der Waals surface area (Å²) in [6.07, 6.45) is 2.89. The summed E-state index contributed by atoms with van der Waals surface area (Å²) < 4.78 is 9.56. The second-order valence-corrected chi connectivity index (χ2v) is 5.56. The SMILES string of the molecule is C=C(C)[C@@H]1CC[C@@H](C)C[C@H]1C(C(=O)OC)C(=O)OC. The minimum atomic E-state index is -0.834. The first-order valence-electron chi connectivity index (χ1n) is 6.73. The molecule has 0 N–H and O–H groups in total. The van der Waals surface area contributed by atoms with Gasteiger partial charge >= 0.3 is 11.9 Å². The summed E-state index contributed by atoms with van der Waals surface area (Å²) in [5, 5.41) is 0. The second-order valence-electron chi connectivity index (χ2n) is 5.56. The van der Waals surface area contributed by atoms with Gasteiger partial charge in [-0.3, -0.25) is 9.59 Å². The van der Waals surface area contributed by atoms with Crippen LogP contribution in [0.15, 0.2) is 12.2 Å². The maximum atomic E-state index is 11.9. The van der Waals surface area contributed by atoms with Crippen LogP contribution in [-0.4, -0.2) is 26.2 Å². The van der Waals surface area contributed by atoms with Gasteiger partial charge in [-0.25, -0.2) is 0 Å². The molecule has 0 unspecified atom stereocenters. The quantitative estimate of drug-likeness (QED) is 0.447. The third-order valence-corrected chi connectivity index (χ3v) is 4.13. The molecule has 1 fully saturated rings. The fraction of sp³-hybridized carbons (Fsp3) is 0.733. The largest absolute Gasteiger partial charge is 0.468 e. The number of carbonyl (C=O) groups is 2. The molecule has 108 valence electrons. The molecule has 1 saturated carbocycles. The predicted octanol–water partition coefficient (Wildman–Crippen LogP) is 2.58. The molecule has 1 aliphatic carbocycles. The van der Waals surface area contributed by atoms with Crippen LogP contribution in [0.25, 0.3) is 0 Å². The van der Waals surface area contributed by atoms with Gasteiger partial charge < -0.3 is 9.47 Å². The molecular formula is C15H24O4. The summed E-state index contributed by atoms with van der Waals surface area (Å²) in [6.45, 7) is 8.11. The van der Waals surface area contributed by atoms with Crippen LogP contribution >= 0.6 is 0 Å². The first-order valence-corrected chi connectivity index (χ1v) is 6.73. The molecule has 0 spiro atoms. The van der Waals surface area contributed by atoms with Gasteiger partial charge in [-0.05, 0) is 37.5 Å². The molecule has 3 atom stereocenters. The highest BCUT2D eigenvalue weighted by Crippen LogP contribution is 2.42. The third-order valence-electron chi connectivity index (χ3n) is 4.13. The van der Waals surface area contributed by atoms with Crippen LogP contribution in [0.4, 0.5) is 0 Å². The summed E-state index contributed by atoms with van der Waals surface area (Å²) in [7, 11) is 2.61. The fourth-order valence-electron chi connectivity index (χ4n) is 3.10. The molecule has 0 heterocycles. The van der Waals surface area contributed by atoms with Gasteiger partial charge in [-0.2, -0.15) is 0 Å². The third kappa shape index (κ3) is 3.58. The lowest BCUT2D eigenvalue weighted by molar-refractivity contribution is -0.163. The van der Waals surface area contributed by atoms with Crippen LogP contribution in [0.3, 0.4) is 0 Å². The molecule has 0 aromatic rings. The van der Waals surface area contributed by atoms with E-state index in [0.717, 1.165) is 24.8 Å². The van der Waals surface area contributed by atoms with Crippen molar-refractivity contribution in [2.75, 3.05) is 14.2 Å². The van der Waals surface area contributed by atoms with Gasteiger partial charge in [0.1, 0.15) is 0 Å². The number of ether oxygens (including phenoxy) is 2. The minimum Gasteiger partial charge on any atom is -0.468 e. The summed E-state index contributed by atoms with van der Waals surface area (Å²) >= 11 is 0. The van der Waals surface area contributed by atoms with Gasteiger partial charge in [0.05, 0.1) is 14.2 Å². The van der Waals surface area contributed by atoms with Crippen molar-refractivity contribution in [3.8, 4) is 0 Å². The predicted molar refractivity (Wildman–Crippen MR) is 72.3 cm³/mol. The van der Waals surface area contributed by atoms with Gasteiger partial charge in [0.15, 0.2) is 5.92 Å². The summed E-state index contributed by atoms with van der Waals surface area (Å²) in [5.41, 5.74) is 1.02. The Bertz CT molecular complexity index is 345. The number of hydrogen-bond donors (Lipinski definition) is 0. The molecule has 0 aromatic heterocycles. The lowest BCUT2D eigenvalue weighted by atomic mass is 9.67. The normalized spacial score (nSPS) is 26.9. The van der Waals surface area contributed by atoms with E-state index in [1.165, 1.54) is 14.2 Å². The van der Waals surface area contributed by atoms with Crippen LogP contribution in [0.5, 0.6) is 0 Å². The average Bonchev–Trinajstić information content (AvgIpc) is 2.38. The average molecular weight is 268 g/mol. The van der Waals surface area contributed by atoms with Gasteiger partial charge in [-0.1, -0.05) is 25.5 Å². The summed E-state index contributed by atoms with van der Waals surface area (Å²) in [6, 6.07) is 0. The van der Waals surface area contributed by atoms with Crippen LogP contribution in [0, 0.1) is 23.7 Å². The number of methoxy groups -OCH3 is 2. The first-order chi connectivity index (χ1) is 8.92. The van der Waals surface area contributed by atoms with E-state index in [9.17, 15) is 9.59 Å². The highest BCUT2D eigenvalue weighted by Gasteiger charge is 2.43. The van der Waals surface area contributed by atoms with E-state index in [4.69, 9.17) is 9.47 Å². The molecule has 0 bridgehead atoms. The molecule has 1 aliphatic rings. The molecule has 0 aromatic carbocycles. The topological polar surface area (TPSA) is 52.6 Å². The maximum absolute atomic E-state index is 11.9. The van der Waals surface area contributed by atoms with E-state index in [1.807, 2.05) is 6.92 Å². The van der Waals surface area contributed by atoms with Crippen LogP contribution in [-0.2, 0) is 19.1 Å². The van der Waals surface area contributed by atoms with Crippen LogP contribution < -0.4 is 0 Å². The molecule has 4 nitrogen and oxygen atoms in total. The van der Waals surface area contributed by atoms with Crippen molar-refractivity contribution < 1.29 is 19.1 Å². The van der Waals surface area contributed by atoms with Crippen molar-refractivity contribution in [1.29, 1.82) is 0 Å². The zero-order valence-corrected chi connectivity index (χ0v) is 12.3. The zero-order valence-electron chi connectivity index (χ0n) is 12.3. The van der Waals surface area contributed by atoms with Crippen molar-refractivity contribution in [2.24, 2.45) is 23.7 Å². The van der Waals surface area contributed by atoms with Crippen molar-refractivity contribution in [3.63, 3.8) is 0 Å². The molecule has 1 rings (SSSR count). The zero-order chi connectivity index (χ0) is 14.6. The van der Waals surface area contributed by atoms with Crippen molar-refractivity contribution in [1.82, 2.24) is 0 Å². The standard InChI is InChI=1S/C15H24O4/c1-9(2)11-7-6-10(3)8-12(11)13(14(16)18-4)15(17)19-5/h10-13H,1,6-8H2,2-5H3/t10-,11+,12-/m1/s1. The summed E-state index contributed by atoms with van der Waals surface area (Å²) in [5.74, 6) is -1.23. The number of carbonyl (C=O) groups excluding carboxylic acids is 2. The Hall–Kier alpha value is -1.32. The van der Waals surface area contributed by atoms with Gasteiger partial charge in [0.25, 0.3) is 0 Å². The Morgan fingerprint density at radius 3 is 2.11 bits per heavy atom. The Balaban J connectivity index is 3.04. The number of rotatable bonds is 4. The van der Waals surface area contributed by atoms with E-state index in [0.29, 0.717) is 5.92 Å². The van der Waals surface area contributed by atoms with Crippen LogP contribution in [0.1, 0.15) is 33.1 Å². The smallest absolute Gasteiger partial charge is 0.320 e. The summed E-state index contributed by atoms with van der Waals surface area (Å²) in [4.78, 5) is 23.9. The molecular weight excluding hydrogens is 244 g/mol. The minimum absolute atomic E-state index is 0.0684.